The zero-order valence-corrected chi connectivity index (χ0v) is 18.2. The predicted octanol–water partition coefficient (Wildman–Crippen LogP) is 1.56. The number of morpholine rings is 1. The molecule has 0 spiro atoms. The maximum atomic E-state index is 12.6. The summed E-state index contributed by atoms with van der Waals surface area (Å²) in [5.41, 5.74) is 0.480. The first-order chi connectivity index (χ1) is 14.9. The summed E-state index contributed by atoms with van der Waals surface area (Å²) in [4.78, 5) is 28.3. The van der Waals surface area contributed by atoms with Crippen LogP contribution < -0.4 is 10.6 Å². The average Bonchev–Trinajstić information content (AvgIpc) is 3.26. The molecule has 1 aliphatic rings. The van der Waals surface area contributed by atoms with Crippen molar-refractivity contribution in [3.8, 4) is 0 Å². The molecule has 10 nitrogen and oxygen atoms in total. The van der Waals surface area contributed by atoms with Crippen molar-refractivity contribution in [1.29, 1.82) is 0 Å². The number of anilines is 2. The molecule has 0 saturated carbocycles. The fourth-order valence-corrected chi connectivity index (χ4v) is 4.75. The lowest BCUT2D eigenvalue weighted by atomic mass is 10.3. The Hall–Kier alpha value is -2.80. The number of carbonyl (C=O) groups excluding carboxylic acids is 2. The predicted molar refractivity (Wildman–Crippen MR) is 116 cm³/mol. The molecule has 1 amide bonds. The first kappa shape index (κ1) is 22.9. The van der Waals surface area contributed by atoms with Gasteiger partial charge >= 0.3 is 5.97 Å². The van der Waals surface area contributed by atoms with Crippen LogP contribution >= 0.6 is 11.3 Å². The highest BCUT2D eigenvalue weighted by atomic mass is 32.2. The quantitative estimate of drug-likeness (QED) is 0.421. The number of hydrogen-bond acceptors (Lipinski definition) is 9. The molecule has 0 bridgehead atoms. The number of thiazole rings is 1. The summed E-state index contributed by atoms with van der Waals surface area (Å²) >= 11 is 1.24. The highest BCUT2D eigenvalue weighted by molar-refractivity contribution is 7.89. The van der Waals surface area contributed by atoms with Crippen molar-refractivity contribution in [2.45, 2.75) is 4.90 Å². The number of carbonyl (C=O) groups is 2. The van der Waals surface area contributed by atoms with Crippen LogP contribution in [0, 0.1) is 0 Å². The highest BCUT2D eigenvalue weighted by Crippen LogP contribution is 2.19. The van der Waals surface area contributed by atoms with E-state index < -0.39 is 28.5 Å². The minimum Gasteiger partial charge on any atom is -0.451 e. The van der Waals surface area contributed by atoms with Gasteiger partial charge in [0.05, 0.1) is 18.1 Å². The van der Waals surface area contributed by atoms with Gasteiger partial charge in [-0.1, -0.05) is 6.08 Å². The largest absolute Gasteiger partial charge is 0.451 e. The lowest BCUT2D eigenvalue weighted by Gasteiger charge is -2.26. The van der Waals surface area contributed by atoms with Crippen molar-refractivity contribution in [2.75, 3.05) is 50.1 Å². The summed E-state index contributed by atoms with van der Waals surface area (Å²) in [6, 6.07) is 5.79. The second-order valence-corrected chi connectivity index (χ2v) is 9.17. The molecule has 2 heterocycles. The maximum absolute atomic E-state index is 12.6. The number of rotatable bonds is 9. The Morgan fingerprint density at radius 2 is 1.97 bits per heavy atom. The molecule has 3 rings (SSSR count). The smallest absolute Gasteiger partial charge is 0.358 e. The molecule has 1 aromatic carbocycles. The Morgan fingerprint density at radius 3 is 2.65 bits per heavy atom. The van der Waals surface area contributed by atoms with Crippen LogP contribution in [0.2, 0.25) is 0 Å². The van der Waals surface area contributed by atoms with Crippen molar-refractivity contribution in [2.24, 2.45) is 0 Å². The fraction of sp³-hybridized carbons (Fsp3) is 0.316. The molecule has 1 aromatic heterocycles. The van der Waals surface area contributed by atoms with Crippen molar-refractivity contribution < 1.29 is 27.5 Å². The normalized spacial score (nSPS) is 14.6. The number of amides is 1. The Kier molecular flexibility index (Phi) is 7.74. The summed E-state index contributed by atoms with van der Waals surface area (Å²) in [6.07, 6.45) is 1.66. The summed E-state index contributed by atoms with van der Waals surface area (Å²) in [5.74, 6) is -1.28. The van der Waals surface area contributed by atoms with Gasteiger partial charge in [0, 0.05) is 30.7 Å². The first-order valence-electron chi connectivity index (χ1n) is 9.35. The van der Waals surface area contributed by atoms with Gasteiger partial charge in [-0.15, -0.1) is 17.9 Å². The number of hydrogen-bond donors (Lipinski definition) is 2. The van der Waals surface area contributed by atoms with E-state index in [1.807, 2.05) is 0 Å². The SMILES string of the molecule is C=CCNc1nc(C(=O)OCC(=O)Nc2ccc(S(=O)(=O)N3CCOCC3)cc2)cs1. The second kappa shape index (κ2) is 10.5. The summed E-state index contributed by atoms with van der Waals surface area (Å²) in [7, 11) is -3.61. The van der Waals surface area contributed by atoms with E-state index >= 15 is 0 Å². The molecule has 2 N–H and O–H groups in total. The molecule has 0 aliphatic carbocycles. The molecule has 2 aromatic rings. The molecule has 1 aliphatic heterocycles. The topological polar surface area (TPSA) is 127 Å². The molecule has 1 fully saturated rings. The van der Waals surface area contributed by atoms with E-state index in [9.17, 15) is 18.0 Å². The van der Waals surface area contributed by atoms with Crippen molar-refractivity contribution in [3.63, 3.8) is 0 Å². The molecule has 0 unspecified atom stereocenters. The van der Waals surface area contributed by atoms with Crippen LogP contribution in [0.25, 0.3) is 0 Å². The number of aromatic nitrogens is 1. The average molecular weight is 467 g/mol. The van der Waals surface area contributed by atoms with Gasteiger partial charge in [-0.2, -0.15) is 4.31 Å². The number of esters is 1. The molecule has 1 saturated heterocycles. The van der Waals surface area contributed by atoms with Gasteiger partial charge < -0.3 is 20.1 Å². The zero-order valence-electron chi connectivity index (χ0n) is 16.6. The van der Waals surface area contributed by atoms with Crippen molar-refractivity contribution >= 4 is 44.1 Å². The van der Waals surface area contributed by atoms with E-state index in [2.05, 4.69) is 22.2 Å². The van der Waals surface area contributed by atoms with Crippen LogP contribution in [-0.2, 0) is 24.3 Å². The number of sulfonamides is 1. The van der Waals surface area contributed by atoms with E-state index in [1.54, 1.807) is 6.08 Å². The second-order valence-electron chi connectivity index (χ2n) is 6.37. The third kappa shape index (κ3) is 6.10. The van der Waals surface area contributed by atoms with Gasteiger partial charge in [0.25, 0.3) is 5.91 Å². The van der Waals surface area contributed by atoms with Crippen LogP contribution in [0.4, 0.5) is 10.8 Å². The lowest BCUT2D eigenvalue weighted by Crippen LogP contribution is -2.40. The van der Waals surface area contributed by atoms with E-state index in [1.165, 1.54) is 45.3 Å². The van der Waals surface area contributed by atoms with Crippen LogP contribution in [0.15, 0.2) is 47.2 Å². The number of ether oxygens (including phenoxy) is 2. The van der Waals surface area contributed by atoms with Gasteiger partial charge in [-0.05, 0) is 24.3 Å². The molecule has 12 heteroatoms. The van der Waals surface area contributed by atoms with E-state index in [0.29, 0.717) is 43.7 Å². The van der Waals surface area contributed by atoms with E-state index in [0.717, 1.165) is 0 Å². The maximum Gasteiger partial charge on any atom is 0.358 e. The third-order valence-electron chi connectivity index (χ3n) is 4.19. The van der Waals surface area contributed by atoms with Crippen molar-refractivity contribution in [3.05, 3.63) is 48.0 Å². The van der Waals surface area contributed by atoms with Crippen molar-refractivity contribution in [1.82, 2.24) is 9.29 Å². The van der Waals surface area contributed by atoms with Gasteiger partial charge in [0.15, 0.2) is 17.4 Å². The molecule has 0 radical (unpaired) electrons. The van der Waals surface area contributed by atoms with Crippen LogP contribution in [-0.4, -0.2) is 69.0 Å². The fourth-order valence-electron chi connectivity index (χ4n) is 2.66. The standard InChI is InChI=1S/C19H22N4O6S2/c1-2-7-20-19-22-16(13-30-19)18(25)29-12-17(24)21-14-3-5-15(6-4-14)31(26,27)23-8-10-28-11-9-23/h2-6,13H,1,7-12H2,(H,20,22)(H,21,24). The Morgan fingerprint density at radius 1 is 1.26 bits per heavy atom. The minimum absolute atomic E-state index is 0.0991. The monoisotopic (exact) mass is 466 g/mol. The van der Waals surface area contributed by atoms with Crippen LogP contribution in [0.5, 0.6) is 0 Å². The van der Waals surface area contributed by atoms with E-state index in [-0.39, 0.29) is 10.6 Å². The number of nitrogens with zero attached hydrogens (tertiary/aromatic N) is 2. The Bertz CT molecular complexity index is 1030. The third-order valence-corrected chi connectivity index (χ3v) is 6.90. The van der Waals surface area contributed by atoms with Gasteiger partial charge in [-0.3, -0.25) is 4.79 Å². The highest BCUT2D eigenvalue weighted by Gasteiger charge is 2.26. The number of nitrogens with one attached hydrogen (secondary N) is 2. The van der Waals surface area contributed by atoms with Gasteiger partial charge in [-0.25, -0.2) is 18.2 Å². The zero-order chi connectivity index (χ0) is 22.3. The lowest BCUT2D eigenvalue weighted by molar-refractivity contribution is -0.119. The molecular formula is C19H22N4O6S2. The van der Waals surface area contributed by atoms with Crippen LogP contribution in [0.1, 0.15) is 10.5 Å². The molecular weight excluding hydrogens is 444 g/mol. The summed E-state index contributed by atoms with van der Waals surface area (Å²) < 4.78 is 36.7. The molecule has 0 atom stereocenters. The molecule has 166 valence electrons. The first-order valence-corrected chi connectivity index (χ1v) is 11.7. The Balaban J connectivity index is 1.50. The molecule has 31 heavy (non-hydrogen) atoms. The number of benzene rings is 1. The minimum atomic E-state index is -3.61. The van der Waals surface area contributed by atoms with Gasteiger partial charge in [0.1, 0.15) is 0 Å². The summed E-state index contributed by atoms with van der Waals surface area (Å²) in [6.45, 7) is 4.92. The van der Waals surface area contributed by atoms with Crippen LogP contribution in [0.3, 0.4) is 0 Å². The Labute approximate surface area is 183 Å². The summed E-state index contributed by atoms with van der Waals surface area (Å²) in [5, 5.41) is 7.58. The van der Waals surface area contributed by atoms with Gasteiger partial charge in [0.2, 0.25) is 10.0 Å². The van der Waals surface area contributed by atoms with E-state index in [4.69, 9.17) is 9.47 Å².